The van der Waals surface area contributed by atoms with E-state index in [0.29, 0.717) is 0 Å². The third-order valence-corrected chi connectivity index (χ3v) is 2.66. The quantitative estimate of drug-likeness (QED) is 0.780. The van der Waals surface area contributed by atoms with E-state index in [1.807, 2.05) is 14.1 Å². The number of halogens is 2. The summed E-state index contributed by atoms with van der Waals surface area (Å²) in [7, 11) is 4.03. The average molecular weight is 234 g/mol. The molecule has 0 fully saturated rings. The van der Waals surface area contributed by atoms with Crippen molar-refractivity contribution in [3.8, 4) is 0 Å². The summed E-state index contributed by atoms with van der Waals surface area (Å²) in [5.41, 5.74) is 0. The highest BCUT2D eigenvalue weighted by molar-refractivity contribution is 6.29. The van der Waals surface area contributed by atoms with Crippen molar-refractivity contribution in [1.29, 1.82) is 0 Å². The Balaban J connectivity index is 2.65. The van der Waals surface area contributed by atoms with Crippen LogP contribution in [0.1, 0.15) is 25.8 Å². The average Bonchev–Trinajstić information content (AvgIpc) is 2.47. The number of aromatic nitrogens is 2. The van der Waals surface area contributed by atoms with Gasteiger partial charge in [0, 0.05) is 0 Å². The van der Waals surface area contributed by atoms with Gasteiger partial charge in [-0.3, -0.25) is 4.68 Å². The zero-order valence-corrected chi connectivity index (χ0v) is 10.1. The van der Waals surface area contributed by atoms with E-state index in [2.05, 4.69) is 16.9 Å². The molecule has 0 saturated heterocycles. The van der Waals surface area contributed by atoms with Gasteiger partial charge in [0.25, 0.3) is 0 Å². The second-order valence-corrected chi connectivity index (χ2v) is 4.26. The molecule has 0 aliphatic carbocycles. The Morgan fingerprint density at radius 1 is 1.60 bits per heavy atom. The molecule has 0 aliphatic rings. The Morgan fingerprint density at radius 2 is 2.27 bits per heavy atom. The van der Waals surface area contributed by atoms with Gasteiger partial charge in [0.05, 0.1) is 12.2 Å². The molecular weight excluding hydrogens is 217 g/mol. The molecule has 15 heavy (non-hydrogen) atoms. The second kappa shape index (κ2) is 5.47. The molecule has 0 amide bonds. The SMILES string of the molecule is CCC(CCN(C)C)n1cc(F)c(Cl)n1. The van der Waals surface area contributed by atoms with Crippen molar-refractivity contribution in [3.63, 3.8) is 0 Å². The summed E-state index contributed by atoms with van der Waals surface area (Å²) in [4.78, 5) is 2.10. The van der Waals surface area contributed by atoms with Gasteiger partial charge in [0.15, 0.2) is 11.0 Å². The highest BCUT2D eigenvalue weighted by atomic mass is 35.5. The topological polar surface area (TPSA) is 21.1 Å². The van der Waals surface area contributed by atoms with Crippen molar-refractivity contribution in [2.24, 2.45) is 0 Å². The number of rotatable bonds is 5. The van der Waals surface area contributed by atoms with Crippen molar-refractivity contribution in [2.45, 2.75) is 25.8 Å². The van der Waals surface area contributed by atoms with Gasteiger partial charge in [0.2, 0.25) is 0 Å². The van der Waals surface area contributed by atoms with Crippen molar-refractivity contribution >= 4 is 11.6 Å². The minimum absolute atomic E-state index is 0.0432. The molecule has 0 spiro atoms. The predicted octanol–water partition coefficient (Wildman–Crippen LogP) is 2.58. The van der Waals surface area contributed by atoms with E-state index >= 15 is 0 Å². The molecule has 1 atom stereocenters. The van der Waals surface area contributed by atoms with E-state index < -0.39 is 5.82 Å². The maximum absolute atomic E-state index is 13.0. The van der Waals surface area contributed by atoms with Gasteiger partial charge < -0.3 is 4.90 Å². The Hall–Kier alpha value is -0.610. The fourth-order valence-electron chi connectivity index (χ4n) is 1.47. The highest BCUT2D eigenvalue weighted by Crippen LogP contribution is 2.19. The summed E-state index contributed by atoms with van der Waals surface area (Å²) in [6.45, 7) is 3.02. The van der Waals surface area contributed by atoms with E-state index in [-0.39, 0.29) is 11.2 Å². The molecule has 1 aromatic rings. The fraction of sp³-hybridized carbons (Fsp3) is 0.700. The lowest BCUT2D eigenvalue weighted by atomic mass is 10.1. The lowest BCUT2D eigenvalue weighted by Gasteiger charge is -2.17. The molecule has 5 heteroatoms. The molecular formula is C10H17ClFN3. The first-order valence-corrected chi connectivity index (χ1v) is 5.47. The van der Waals surface area contributed by atoms with E-state index in [1.165, 1.54) is 6.20 Å². The van der Waals surface area contributed by atoms with Crippen LogP contribution in [0, 0.1) is 5.82 Å². The molecule has 1 unspecified atom stereocenters. The van der Waals surface area contributed by atoms with Gasteiger partial charge in [0.1, 0.15) is 0 Å². The molecule has 1 rings (SSSR count). The predicted molar refractivity (Wildman–Crippen MR) is 59.7 cm³/mol. The van der Waals surface area contributed by atoms with Crippen molar-refractivity contribution in [1.82, 2.24) is 14.7 Å². The van der Waals surface area contributed by atoms with Crippen LogP contribution in [0.3, 0.4) is 0 Å². The Morgan fingerprint density at radius 3 is 2.67 bits per heavy atom. The zero-order valence-electron chi connectivity index (χ0n) is 9.37. The minimum atomic E-state index is -0.444. The van der Waals surface area contributed by atoms with E-state index in [9.17, 15) is 4.39 Å². The van der Waals surface area contributed by atoms with Crippen molar-refractivity contribution in [2.75, 3.05) is 20.6 Å². The number of nitrogens with zero attached hydrogens (tertiary/aromatic N) is 3. The molecule has 1 aromatic heterocycles. The first-order chi connectivity index (χ1) is 7.04. The van der Waals surface area contributed by atoms with Crippen LogP contribution in [0.15, 0.2) is 6.20 Å². The molecule has 86 valence electrons. The number of hydrogen-bond donors (Lipinski definition) is 0. The third kappa shape index (κ3) is 3.47. The molecule has 0 radical (unpaired) electrons. The van der Waals surface area contributed by atoms with Gasteiger partial charge in [-0.1, -0.05) is 18.5 Å². The monoisotopic (exact) mass is 233 g/mol. The smallest absolute Gasteiger partial charge is 0.186 e. The van der Waals surface area contributed by atoms with E-state index in [4.69, 9.17) is 11.6 Å². The lowest BCUT2D eigenvalue weighted by Crippen LogP contribution is -2.19. The van der Waals surface area contributed by atoms with Crippen LogP contribution in [-0.2, 0) is 0 Å². The first-order valence-electron chi connectivity index (χ1n) is 5.09. The molecule has 0 aliphatic heterocycles. The minimum Gasteiger partial charge on any atom is -0.309 e. The molecule has 1 heterocycles. The van der Waals surface area contributed by atoms with Gasteiger partial charge in [-0.25, -0.2) is 4.39 Å². The van der Waals surface area contributed by atoms with Crippen LogP contribution in [0.2, 0.25) is 5.15 Å². The number of hydrogen-bond acceptors (Lipinski definition) is 2. The summed E-state index contributed by atoms with van der Waals surface area (Å²) < 4.78 is 14.6. The van der Waals surface area contributed by atoms with Gasteiger partial charge in [-0.2, -0.15) is 5.10 Å². The standard InChI is InChI=1S/C10H17ClFN3/c1-4-8(5-6-14(2)3)15-7-9(12)10(11)13-15/h7-8H,4-6H2,1-3H3. The maximum atomic E-state index is 13.0. The second-order valence-electron chi connectivity index (χ2n) is 3.90. The van der Waals surface area contributed by atoms with Gasteiger partial charge >= 0.3 is 0 Å². The summed E-state index contributed by atoms with van der Waals surface area (Å²) in [5, 5.41) is 3.90. The highest BCUT2D eigenvalue weighted by Gasteiger charge is 2.13. The van der Waals surface area contributed by atoms with Crippen molar-refractivity contribution in [3.05, 3.63) is 17.2 Å². The Bertz CT molecular complexity index is 292. The Labute approximate surface area is 94.8 Å². The molecule has 0 aromatic carbocycles. The van der Waals surface area contributed by atoms with Crippen LogP contribution in [0.4, 0.5) is 4.39 Å². The van der Waals surface area contributed by atoms with Crippen LogP contribution < -0.4 is 0 Å². The van der Waals surface area contributed by atoms with E-state index in [1.54, 1.807) is 4.68 Å². The summed E-state index contributed by atoms with van der Waals surface area (Å²) in [6, 6.07) is 0.217. The largest absolute Gasteiger partial charge is 0.309 e. The maximum Gasteiger partial charge on any atom is 0.186 e. The normalized spacial score (nSPS) is 13.5. The third-order valence-electron chi connectivity index (χ3n) is 2.40. The van der Waals surface area contributed by atoms with Gasteiger partial charge in [-0.05, 0) is 33.5 Å². The molecule has 3 nitrogen and oxygen atoms in total. The fourth-order valence-corrected chi connectivity index (χ4v) is 1.60. The molecule has 0 N–H and O–H groups in total. The first kappa shape index (κ1) is 12.5. The summed E-state index contributed by atoms with van der Waals surface area (Å²) in [5.74, 6) is -0.444. The van der Waals surface area contributed by atoms with E-state index in [0.717, 1.165) is 19.4 Å². The van der Waals surface area contributed by atoms with Crippen molar-refractivity contribution < 1.29 is 4.39 Å². The zero-order chi connectivity index (χ0) is 11.4. The van der Waals surface area contributed by atoms with Crippen LogP contribution in [-0.4, -0.2) is 35.3 Å². The molecule has 0 bridgehead atoms. The molecule has 0 saturated carbocycles. The Kier molecular flexibility index (Phi) is 4.54. The van der Waals surface area contributed by atoms with Crippen LogP contribution >= 0.6 is 11.6 Å². The lowest BCUT2D eigenvalue weighted by molar-refractivity contribution is 0.327. The van der Waals surface area contributed by atoms with Crippen LogP contribution in [0.25, 0.3) is 0 Å². The summed E-state index contributed by atoms with van der Waals surface area (Å²) >= 11 is 5.58. The summed E-state index contributed by atoms with van der Waals surface area (Å²) in [6.07, 6.45) is 3.23. The van der Waals surface area contributed by atoms with Crippen LogP contribution in [0.5, 0.6) is 0 Å². The van der Waals surface area contributed by atoms with Gasteiger partial charge in [-0.15, -0.1) is 0 Å².